The predicted octanol–water partition coefficient (Wildman–Crippen LogP) is 3.95. The topological polar surface area (TPSA) is 63.9 Å². The number of carbonyl (C=O) groups excluding carboxylic acids is 1. The molecule has 1 aliphatic rings. The summed E-state index contributed by atoms with van der Waals surface area (Å²) >= 11 is 0. The number of rotatable bonds is 6. The molecule has 2 aromatic carbocycles. The van der Waals surface area contributed by atoms with Crippen LogP contribution in [-0.4, -0.2) is 32.2 Å². The minimum Gasteiger partial charge on any atom is -0.486 e. The van der Waals surface area contributed by atoms with Crippen LogP contribution in [0.4, 0.5) is 11.4 Å². The average Bonchev–Trinajstić information content (AvgIpc) is 3.23. The van der Waals surface area contributed by atoms with Crippen molar-refractivity contribution in [1.29, 1.82) is 0 Å². The van der Waals surface area contributed by atoms with Crippen LogP contribution in [0.1, 0.15) is 16.3 Å². The summed E-state index contributed by atoms with van der Waals surface area (Å²) in [5.74, 6) is 1.31. The van der Waals surface area contributed by atoms with Crippen LogP contribution in [0.2, 0.25) is 0 Å². The van der Waals surface area contributed by atoms with E-state index in [-0.39, 0.29) is 18.3 Å². The normalized spacial score (nSPS) is 13.9. The maximum absolute atomic E-state index is 12.6. The molecule has 6 nitrogen and oxygen atoms in total. The summed E-state index contributed by atoms with van der Waals surface area (Å²) in [6.07, 6.45) is 0. The molecule has 1 saturated heterocycles. The van der Waals surface area contributed by atoms with Crippen LogP contribution in [0.3, 0.4) is 0 Å². The number of furan rings is 1. The molecule has 1 aliphatic heterocycles. The average molecular weight is 378 g/mol. The lowest BCUT2D eigenvalue weighted by Gasteiger charge is -2.30. The summed E-state index contributed by atoms with van der Waals surface area (Å²) in [6.45, 7) is 3.24. The van der Waals surface area contributed by atoms with Gasteiger partial charge in [-0.1, -0.05) is 30.3 Å². The van der Waals surface area contributed by atoms with Crippen LogP contribution in [0.5, 0.6) is 5.75 Å². The van der Waals surface area contributed by atoms with E-state index in [1.165, 1.54) is 0 Å². The van der Waals surface area contributed by atoms with E-state index in [0.717, 1.165) is 30.2 Å². The molecule has 1 amide bonds. The number of hydrogen-bond acceptors (Lipinski definition) is 5. The fourth-order valence-electron chi connectivity index (χ4n) is 3.09. The van der Waals surface area contributed by atoms with Crippen molar-refractivity contribution in [2.24, 2.45) is 0 Å². The van der Waals surface area contributed by atoms with E-state index in [2.05, 4.69) is 10.2 Å². The fourth-order valence-corrected chi connectivity index (χ4v) is 3.09. The number of ether oxygens (including phenoxy) is 2. The van der Waals surface area contributed by atoms with Crippen molar-refractivity contribution in [3.05, 3.63) is 78.3 Å². The lowest BCUT2D eigenvalue weighted by atomic mass is 10.2. The Labute approximate surface area is 163 Å². The van der Waals surface area contributed by atoms with Gasteiger partial charge in [0.2, 0.25) is 0 Å². The maximum atomic E-state index is 12.6. The van der Waals surface area contributed by atoms with Crippen molar-refractivity contribution in [1.82, 2.24) is 0 Å². The van der Waals surface area contributed by atoms with Crippen molar-refractivity contribution in [3.63, 3.8) is 0 Å². The first kappa shape index (κ1) is 18.1. The van der Waals surface area contributed by atoms with E-state index in [9.17, 15) is 4.79 Å². The van der Waals surface area contributed by atoms with Gasteiger partial charge < -0.3 is 24.1 Å². The Bertz CT molecular complexity index is 917. The lowest BCUT2D eigenvalue weighted by Crippen LogP contribution is -2.36. The van der Waals surface area contributed by atoms with Crippen LogP contribution in [0.15, 0.2) is 71.1 Å². The highest BCUT2D eigenvalue weighted by atomic mass is 16.5. The number of hydrogen-bond donors (Lipinski definition) is 1. The van der Waals surface area contributed by atoms with E-state index in [0.29, 0.717) is 19.0 Å². The number of morpholine rings is 1. The molecular weight excluding hydrogens is 356 g/mol. The third kappa shape index (κ3) is 4.35. The van der Waals surface area contributed by atoms with Crippen LogP contribution in [-0.2, 0) is 11.3 Å². The van der Waals surface area contributed by atoms with Gasteiger partial charge in [-0.05, 0) is 36.4 Å². The minimum atomic E-state index is -0.285. The van der Waals surface area contributed by atoms with Gasteiger partial charge in [-0.15, -0.1) is 0 Å². The number of nitrogens with zero attached hydrogens (tertiary/aromatic N) is 1. The fraction of sp³-hybridized carbons (Fsp3) is 0.227. The second-order valence-electron chi connectivity index (χ2n) is 6.44. The Morgan fingerprint density at radius 3 is 2.54 bits per heavy atom. The molecule has 1 fully saturated rings. The second kappa shape index (κ2) is 8.63. The maximum Gasteiger partial charge on any atom is 0.291 e. The molecule has 0 spiro atoms. The molecule has 2 heterocycles. The molecule has 3 aromatic rings. The van der Waals surface area contributed by atoms with Gasteiger partial charge in [-0.25, -0.2) is 0 Å². The first-order valence-corrected chi connectivity index (χ1v) is 9.29. The molecule has 0 saturated carbocycles. The zero-order chi connectivity index (χ0) is 19.2. The molecule has 4 rings (SSSR count). The molecule has 1 N–H and O–H groups in total. The lowest BCUT2D eigenvalue weighted by molar-refractivity contribution is 0.0992. The Morgan fingerprint density at radius 1 is 0.964 bits per heavy atom. The molecule has 1 aromatic heterocycles. The molecule has 28 heavy (non-hydrogen) atoms. The van der Waals surface area contributed by atoms with E-state index >= 15 is 0 Å². The summed E-state index contributed by atoms with van der Waals surface area (Å²) < 4.78 is 16.7. The number of amides is 1. The number of nitrogens with one attached hydrogen (secondary N) is 1. The second-order valence-corrected chi connectivity index (χ2v) is 6.44. The van der Waals surface area contributed by atoms with Gasteiger partial charge in [0.15, 0.2) is 5.76 Å². The van der Waals surface area contributed by atoms with E-state index in [1.807, 2.05) is 54.6 Å². The molecule has 0 unspecified atom stereocenters. The largest absolute Gasteiger partial charge is 0.486 e. The van der Waals surface area contributed by atoms with Crippen LogP contribution >= 0.6 is 0 Å². The first-order chi connectivity index (χ1) is 13.8. The van der Waals surface area contributed by atoms with Gasteiger partial charge in [0.1, 0.15) is 18.1 Å². The molecular formula is C22H22N2O4. The smallest absolute Gasteiger partial charge is 0.291 e. The molecule has 0 radical (unpaired) electrons. The predicted molar refractivity (Wildman–Crippen MR) is 107 cm³/mol. The number of benzene rings is 2. The van der Waals surface area contributed by atoms with Gasteiger partial charge >= 0.3 is 0 Å². The summed E-state index contributed by atoms with van der Waals surface area (Å²) in [5, 5.41) is 2.96. The zero-order valence-electron chi connectivity index (χ0n) is 15.5. The molecule has 0 aliphatic carbocycles. The summed E-state index contributed by atoms with van der Waals surface area (Å²) in [4.78, 5) is 14.9. The van der Waals surface area contributed by atoms with Gasteiger partial charge in [-0.3, -0.25) is 4.79 Å². The Hall–Kier alpha value is -3.25. The third-order valence-corrected chi connectivity index (χ3v) is 4.51. The van der Waals surface area contributed by atoms with Gasteiger partial charge in [0.05, 0.1) is 24.6 Å². The van der Waals surface area contributed by atoms with Gasteiger partial charge in [-0.2, -0.15) is 0 Å². The van der Waals surface area contributed by atoms with Crippen molar-refractivity contribution >= 4 is 17.3 Å². The van der Waals surface area contributed by atoms with Crippen LogP contribution in [0.25, 0.3) is 0 Å². The monoisotopic (exact) mass is 378 g/mol. The highest BCUT2D eigenvalue weighted by Gasteiger charge is 2.18. The van der Waals surface area contributed by atoms with Crippen molar-refractivity contribution in [2.45, 2.75) is 6.61 Å². The summed E-state index contributed by atoms with van der Waals surface area (Å²) in [7, 11) is 0. The number of carbonyl (C=O) groups is 1. The number of para-hydroxylation sites is 3. The highest BCUT2D eigenvalue weighted by molar-refractivity contribution is 6.04. The van der Waals surface area contributed by atoms with E-state index in [4.69, 9.17) is 13.9 Å². The molecule has 0 bridgehead atoms. The minimum absolute atomic E-state index is 0.253. The Balaban J connectivity index is 1.41. The molecule has 0 atom stereocenters. The third-order valence-electron chi connectivity index (χ3n) is 4.51. The highest BCUT2D eigenvalue weighted by Crippen LogP contribution is 2.27. The van der Waals surface area contributed by atoms with Crippen LogP contribution in [0, 0.1) is 0 Å². The number of anilines is 2. The Morgan fingerprint density at radius 2 is 1.71 bits per heavy atom. The van der Waals surface area contributed by atoms with Gasteiger partial charge in [0.25, 0.3) is 5.91 Å². The van der Waals surface area contributed by atoms with Crippen LogP contribution < -0.4 is 15.0 Å². The summed E-state index contributed by atoms with van der Waals surface area (Å²) in [5.41, 5.74) is 1.74. The molecule has 144 valence electrons. The first-order valence-electron chi connectivity index (χ1n) is 9.29. The quantitative estimate of drug-likeness (QED) is 0.704. The standard InChI is InChI=1S/C22H22N2O4/c25-22(21-11-10-18(28-21)16-27-17-6-2-1-3-7-17)23-19-8-4-5-9-20(19)24-12-14-26-15-13-24/h1-11H,12-16H2,(H,23,25). The van der Waals surface area contributed by atoms with Crippen molar-refractivity contribution in [3.8, 4) is 5.75 Å². The summed E-state index contributed by atoms with van der Waals surface area (Å²) in [6, 6.07) is 20.7. The van der Waals surface area contributed by atoms with Crippen molar-refractivity contribution < 1.29 is 18.7 Å². The molecule has 6 heteroatoms. The van der Waals surface area contributed by atoms with Gasteiger partial charge in [0, 0.05) is 13.1 Å². The zero-order valence-corrected chi connectivity index (χ0v) is 15.5. The van der Waals surface area contributed by atoms with E-state index < -0.39 is 0 Å². The Kier molecular flexibility index (Phi) is 5.58. The van der Waals surface area contributed by atoms with Crippen molar-refractivity contribution in [2.75, 3.05) is 36.5 Å². The van der Waals surface area contributed by atoms with E-state index in [1.54, 1.807) is 12.1 Å². The SMILES string of the molecule is O=C(Nc1ccccc1N1CCOCC1)c1ccc(COc2ccccc2)o1.